The molecule has 1 atom stereocenters. The number of ether oxygens (including phenoxy) is 2. The minimum Gasteiger partial charge on any atom is -0.468 e. The van der Waals surface area contributed by atoms with Crippen LogP contribution in [0, 0.1) is 5.82 Å². The normalized spacial score (nSPS) is 12.4. The molecule has 0 aliphatic carbocycles. The maximum atomic E-state index is 13.3. The number of hydrogen-bond donors (Lipinski definition) is 1. The molecule has 0 aromatic heterocycles. The standard InChI is InChI=1S/C10H10F3NO3/c1-16-9(15)8(14)5-2-3-7(6(11)4-5)17-10(12)13/h2-4,8,10H,14H2,1H3. The van der Waals surface area contributed by atoms with E-state index in [1.807, 2.05) is 0 Å². The maximum absolute atomic E-state index is 13.3. The Balaban J connectivity index is 2.92. The van der Waals surface area contributed by atoms with E-state index in [4.69, 9.17) is 5.73 Å². The first-order chi connectivity index (χ1) is 7.95. The predicted octanol–water partition coefficient (Wildman–Crippen LogP) is 1.60. The number of carbonyl (C=O) groups is 1. The van der Waals surface area contributed by atoms with E-state index in [1.54, 1.807) is 0 Å². The van der Waals surface area contributed by atoms with Crippen molar-refractivity contribution in [2.45, 2.75) is 12.7 Å². The third-order valence-electron chi connectivity index (χ3n) is 1.99. The molecule has 0 radical (unpaired) electrons. The van der Waals surface area contributed by atoms with Crippen molar-refractivity contribution in [1.29, 1.82) is 0 Å². The Bertz CT molecular complexity index is 412. The molecule has 0 aliphatic heterocycles. The molecule has 0 spiro atoms. The summed E-state index contributed by atoms with van der Waals surface area (Å²) in [6.45, 7) is -3.12. The Morgan fingerprint density at radius 2 is 2.06 bits per heavy atom. The van der Waals surface area contributed by atoms with Gasteiger partial charge in [-0.2, -0.15) is 8.78 Å². The summed E-state index contributed by atoms with van der Waals surface area (Å²) in [7, 11) is 1.13. The lowest BCUT2D eigenvalue weighted by molar-refractivity contribution is -0.142. The summed E-state index contributed by atoms with van der Waals surface area (Å²) in [5.41, 5.74) is 5.55. The minimum atomic E-state index is -3.12. The Morgan fingerprint density at radius 3 is 2.53 bits per heavy atom. The van der Waals surface area contributed by atoms with Gasteiger partial charge in [0.2, 0.25) is 0 Å². The van der Waals surface area contributed by atoms with Crippen molar-refractivity contribution in [3.8, 4) is 5.75 Å². The first kappa shape index (κ1) is 13.3. The summed E-state index contributed by atoms with van der Waals surface area (Å²) < 4.78 is 45.2. The minimum absolute atomic E-state index is 0.107. The summed E-state index contributed by atoms with van der Waals surface area (Å²) in [5.74, 6) is -2.39. The molecule has 94 valence electrons. The van der Waals surface area contributed by atoms with Gasteiger partial charge in [0.15, 0.2) is 11.6 Å². The molecule has 1 rings (SSSR count). The van der Waals surface area contributed by atoms with Gasteiger partial charge in [-0.3, -0.25) is 4.79 Å². The number of benzene rings is 1. The van der Waals surface area contributed by atoms with Gasteiger partial charge in [-0.05, 0) is 17.7 Å². The van der Waals surface area contributed by atoms with Crippen LogP contribution in [0.5, 0.6) is 5.75 Å². The molecule has 1 unspecified atom stereocenters. The highest BCUT2D eigenvalue weighted by Crippen LogP contribution is 2.23. The second-order valence-corrected chi connectivity index (χ2v) is 3.07. The summed E-state index contributed by atoms with van der Waals surface area (Å²) in [6, 6.07) is 1.86. The molecule has 7 heteroatoms. The average molecular weight is 249 g/mol. The number of carbonyl (C=O) groups excluding carboxylic acids is 1. The molecule has 0 heterocycles. The second kappa shape index (κ2) is 5.53. The fraction of sp³-hybridized carbons (Fsp3) is 0.300. The molecule has 0 saturated carbocycles. The lowest BCUT2D eigenvalue weighted by Crippen LogP contribution is -2.22. The number of alkyl halides is 2. The van der Waals surface area contributed by atoms with Crippen LogP contribution in [-0.2, 0) is 9.53 Å². The molecule has 0 bridgehead atoms. The number of methoxy groups -OCH3 is 1. The topological polar surface area (TPSA) is 61.5 Å². The van der Waals surface area contributed by atoms with E-state index >= 15 is 0 Å². The Kier molecular flexibility index (Phi) is 4.33. The van der Waals surface area contributed by atoms with E-state index in [-0.39, 0.29) is 5.56 Å². The summed E-state index contributed by atoms with van der Waals surface area (Å²) in [5, 5.41) is 0. The second-order valence-electron chi connectivity index (χ2n) is 3.07. The van der Waals surface area contributed by atoms with Crippen LogP contribution in [-0.4, -0.2) is 19.7 Å². The van der Waals surface area contributed by atoms with Crippen LogP contribution in [0.4, 0.5) is 13.2 Å². The zero-order valence-corrected chi connectivity index (χ0v) is 8.82. The van der Waals surface area contributed by atoms with Crippen molar-refractivity contribution in [3.63, 3.8) is 0 Å². The van der Waals surface area contributed by atoms with Crippen LogP contribution in [0.25, 0.3) is 0 Å². The average Bonchev–Trinajstić information content (AvgIpc) is 2.29. The number of rotatable bonds is 4. The molecule has 1 aromatic carbocycles. The molecule has 2 N–H and O–H groups in total. The lowest BCUT2D eigenvalue weighted by Gasteiger charge is -2.11. The van der Waals surface area contributed by atoms with Crippen molar-refractivity contribution < 1.29 is 27.4 Å². The van der Waals surface area contributed by atoms with E-state index in [9.17, 15) is 18.0 Å². The number of nitrogens with two attached hydrogens (primary N) is 1. The number of halogens is 3. The zero-order valence-electron chi connectivity index (χ0n) is 8.82. The van der Waals surface area contributed by atoms with Crippen molar-refractivity contribution in [2.24, 2.45) is 5.73 Å². The van der Waals surface area contributed by atoms with Crippen LogP contribution in [0.15, 0.2) is 18.2 Å². The van der Waals surface area contributed by atoms with Crippen LogP contribution < -0.4 is 10.5 Å². The predicted molar refractivity (Wildman–Crippen MR) is 52.0 cm³/mol. The SMILES string of the molecule is COC(=O)C(N)c1ccc(OC(F)F)c(F)c1. The fourth-order valence-corrected chi connectivity index (χ4v) is 1.17. The van der Waals surface area contributed by atoms with Gasteiger partial charge in [-0.15, -0.1) is 0 Å². The van der Waals surface area contributed by atoms with E-state index in [0.717, 1.165) is 19.2 Å². The molecule has 0 aliphatic rings. The molecule has 17 heavy (non-hydrogen) atoms. The summed E-state index contributed by atoms with van der Waals surface area (Å²) in [6.07, 6.45) is 0. The lowest BCUT2D eigenvalue weighted by atomic mass is 10.1. The monoisotopic (exact) mass is 249 g/mol. The smallest absolute Gasteiger partial charge is 0.387 e. The van der Waals surface area contributed by atoms with Crippen molar-refractivity contribution in [3.05, 3.63) is 29.6 Å². The van der Waals surface area contributed by atoms with Crippen molar-refractivity contribution in [1.82, 2.24) is 0 Å². The first-order valence-electron chi connectivity index (χ1n) is 4.53. The molecule has 1 aromatic rings. The fourth-order valence-electron chi connectivity index (χ4n) is 1.17. The van der Waals surface area contributed by atoms with Gasteiger partial charge in [0, 0.05) is 0 Å². The molecular weight excluding hydrogens is 239 g/mol. The van der Waals surface area contributed by atoms with Crippen LogP contribution in [0.2, 0.25) is 0 Å². The van der Waals surface area contributed by atoms with Crippen LogP contribution in [0.3, 0.4) is 0 Å². The van der Waals surface area contributed by atoms with E-state index in [1.165, 1.54) is 6.07 Å². The van der Waals surface area contributed by atoms with Crippen molar-refractivity contribution in [2.75, 3.05) is 7.11 Å². The Hall–Kier alpha value is -1.76. The molecule has 0 saturated heterocycles. The maximum Gasteiger partial charge on any atom is 0.387 e. The molecule has 0 fully saturated rings. The highest BCUT2D eigenvalue weighted by Gasteiger charge is 2.18. The van der Waals surface area contributed by atoms with Gasteiger partial charge in [0.1, 0.15) is 6.04 Å². The Morgan fingerprint density at radius 1 is 1.41 bits per heavy atom. The zero-order chi connectivity index (χ0) is 13.0. The van der Waals surface area contributed by atoms with E-state index < -0.39 is 30.2 Å². The van der Waals surface area contributed by atoms with Crippen molar-refractivity contribution >= 4 is 5.97 Å². The van der Waals surface area contributed by atoms with Crippen LogP contribution in [0.1, 0.15) is 11.6 Å². The first-order valence-corrected chi connectivity index (χ1v) is 4.53. The van der Waals surface area contributed by atoms with Gasteiger partial charge in [-0.1, -0.05) is 6.07 Å². The third-order valence-corrected chi connectivity index (χ3v) is 1.99. The number of hydrogen-bond acceptors (Lipinski definition) is 4. The van der Waals surface area contributed by atoms with Gasteiger partial charge < -0.3 is 15.2 Å². The summed E-state index contributed by atoms with van der Waals surface area (Å²) >= 11 is 0. The molecule has 0 amide bonds. The molecule has 4 nitrogen and oxygen atoms in total. The van der Waals surface area contributed by atoms with Crippen LogP contribution >= 0.6 is 0 Å². The van der Waals surface area contributed by atoms with E-state index in [2.05, 4.69) is 9.47 Å². The van der Waals surface area contributed by atoms with Gasteiger partial charge in [-0.25, -0.2) is 4.39 Å². The number of esters is 1. The van der Waals surface area contributed by atoms with Gasteiger partial charge >= 0.3 is 12.6 Å². The quantitative estimate of drug-likeness (QED) is 0.823. The highest BCUT2D eigenvalue weighted by atomic mass is 19.3. The Labute approximate surface area is 95.1 Å². The van der Waals surface area contributed by atoms with E-state index in [0.29, 0.717) is 0 Å². The highest BCUT2D eigenvalue weighted by molar-refractivity contribution is 5.77. The van der Waals surface area contributed by atoms with Gasteiger partial charge in [0.05, 0.1) is 7.11 Å². The summed E-state index contributed by atoms with van der Waals surface area (Å²) in [4.78, 5) is 11.1. The largest absolute Gasteiger partial charge is 0.468 e. The third kappa shape index (κ3) is 3.35. The molecular formula is C10H10F3NO3. The van der Waals surface area contributed by atoms with Gasteiger partial charge in [0.25, 0.3) is 0 Å².